The molecule has 0 fully saturated rings. The summed E-state index contributed by atoms with van der Waals surface area (Å²) >= 11 is 0. The third-order valence-electron chi connectivity index (χ3n) is 1.84. The normalized spacial score (nSPS) is 10.9. The van der Waals surface area contributed by atoms with Crippen LogP contribution in [0.1, 0.15) is 18.4 Å². The first-order valence-corrected chi connectivity index (χ1v) is 4.16. The Labute approximate surface area is 74.4 Å². The van der Waals surface area contributed by atoms with Gasteiger partial charge in [-0.05, 0) is 6.92 Å². The lowest BCUT2D eigenvalue weighted by Gasteiger charge is -1.90. The quantitative estimate of drug-likeness (QED) is 0.682. The monoisotopic (exact) mass is 178 g/mol. The first-order chi connectivity index (χ1) is 6.20. The van der Waals surface area contributed by atoms with Crippen LogP contribution in [-0.2, 0) is 6.42 Å². The number of fused-ring (bicyclic) bond motifs is 1. The van der Waals surface area contributed by atoms with Crippen molar-refractivity contribution < 1.29 is 0 Å². The third-order valence-corrected chi connectivity index (χ3v) is 1.84. The Morgan fingerprint density at radius 3 is 3.00 bits per heavy atom. The summed E-state index contributed by atoms with van der Waals surface area (Å²) in [5, 5.41) is 2.87. The highest BCUT2D eigenvalue weighted by Gasteiger charge is 2.03. The zero-order valence-corrected chi connectivity index (χ0v) is 7.53. The number of aryl methyl sites for hydroxylation is 2. The molecule has 0 bridgehead atoms. The second-order valence-corrected chi connectivity index (χ2v) is 2.90. The van der Waals surface area contributed by atoms with Gasteiger partial charge in [0.25, 0.3) is 11.3 Å². The number of hydrogen-bond donors (Lipinski definition) is 1. The van der Waals surface area contributed by atoms with Gasteiger partial charge in [0, 0.05) is 18.2 Å². The van der Waals surface area contributed by atoms with Crippen molar-refractivity contribution in [3.05, 3.63) is 27.9 Å². The molecule has 0 saturated carbocycles. The van der Waals surface area contributed by atoms with E-state index in [-0.39, 0.29) is 5.56 Å². The number of aromatic nitrogens is 4. The van der Waals surface area contributed by atoms with E-state index in [2.05, 4.69) is 15.1 Å². The van der Waals surface area contributed by atoms with Crippen molar-refractivity contribution in [2.75, 3.05) is 0 Å². The number of H-pyrrole nitrogens is 1. The number of hydrogen-bond acceptors (Lipinski definition) is 3. The predicted molar refractivity (Wildman–Crippen MR) is 47.7 cm³/mol. The molecule has 0 amide bonds. The Bertz CT molecular complexity index is 496. The Morgan fingerprint density at radius 1 is 1.54 bits per heavy atom. The Kier molecular flexibility index (Phi) is 1.65. The molecule has 13 heavy (non-hydrogen) atoms. The molecule has 0 spiro atoms. The van der Waals surface area contributed by atoms with Gasteiger partial charge in [-0.3, -0.25) is 9.89 Å². The van der Waals surface area contributed by atoms with E-state index in [4.69, 9.17) is 0 Å². The Hall–Kier alpha value is -1.65. The molecule has 0 aromatic carbocycles. The van der Waals surface area contributed by atoms with E-state index in [0.29, 0.717) is 11.5 Å². The molecule has 0 atom stereocenters. The van der Waals surface area contributed by atoms with Crippen molar-refractivity contribution in [1.82, 2.24) is 19.6 Å². The molecule has 68 valence electrons. The lowest BCUT2D eigenvalue weighted by atomic mass is 10.5. The maximum atomic E-state index is 11.4. The molecule has 5 heteroatoms. The van der Waals surface area contributed by atoms with Crippen molar-refractivity contribution in [1.29, 1.82) is 0 Å². The van der Waals surface area contributed by atoms with Crippen molar-refractivity contribution in [2.45, 2.75) is 20.3 Å². The van der Waals surface area contributed by atoms with Gasteiger partial charge in [0.2, 0.25) is 0 Å². The molecule has 2 rings (SSSR count). The van der Waals surface area contributed by atoms with E-state index in [1.807, 2.05) is 6.92 Å². The molecule has 5 nitrogen and oxygen atoms in total. The van der Waals surface area contributed by atoms with Crippen LogP contribution >= 0.6 is 0 Å². The average molecular weight is 178 g/mol. The van der Waals surface area contributed by atoms with Crippen LogP contribution in [0.4, 0.5) is 0 Å². The lowest BCUT2D eigenvalue weighted by molar-refractivity contribution is 0.849. The fourth-order valence-corrected chi connectivity index (χ4v) is 1.19. The van der Waals surface area contributed by atoms with Crippen LogP contribution in [0.15, 0.2) is 10.9 Å². The molecule has 2 heterocycles. The Morgan fingerprint density at radius 2 is 2.31 bits per heavy atom. The zero-order valence-electron chi connectivity index (χ0n) is 7.53. The van der Waals surface area contributed by atoms with Gasteiger partial charge in [0.1, 0.15) is 5.82 Å². The van der Waals surface area contributed by atoms with Crippen LogP contribution in [0.2, 0.25) is 0 Å². The van der Waals surface area contributed by atoms with Crippen LogP contribution < -0.4 is 5.56 Å². The zero-order chi connectivity index (χ0) is 9.42. The highest BCUT2D eigenvalue weighted by atomic mass is 16.1. The van der Waals surface area contributed by atoms with Crippen LogP contribution in [0.3, 0.4) is 0 Å². The van der Waals surface area contributed by atoms with Crippen molar-refractivity contribution in [2.24, 2.45) is 0 Å². The van der Waals surface area contributed by atoms with Crippen LogP contribution in [-0.4, -0.2) is 19.6 Å². The number of nitrogens with zero attached hydrogens (tertiary/aromatic N) is 3. The van der Waals surface area contributed by atoms with E-state index in [1.165, 1.54) is 10.6 Å². The van der Waals surface area contributed by atoms with Gasteiger partial charge >= 0.3 is 0 Å². The summed E-state index contributed by atoms with van der Waals surface area (Å²) in [5.41, 5.74) is 0.578. The van der Waals surface area contributed by atoms with Crippen LogP contribution in [0.25, 0.3) is 5.78 Å². The van der Waals surface area contributed by atoms with E-state index in [1.54, 1.807) is 6.92 Å². The maximum Gasteiger partial charge on any atom is 0.274 e. The average Bonchev–Trinajstić information content (AvgIpc) is 2.47. The molecule has 0 unspecified atom stereocenters. The van der Waals surface area contributed by atoms with E-state index >= 15 is 0 Å². The molecule has 0 aliphatic rings. The number of rotatable bonds is 1. The summed E-state index contributed by atoms with van der Waals surface area (Å²) in [6.07, 6.45) is 0.766. The van der Waals surface area contributed by atoms with Gasteiger partial charge in [-0.25, -0.2) is 4.98 Å². The fourth-order valence-electron chi connectivity index (χ4n) is 1.19. The van der Waals surface area contributed by atoms with Gasteiger partial charge < -0.3 is 0 Å². The molecule has 0 saturated heterocycles. The van der Waals surface area contributed by atoms with Crippen LogP contribution in [0.5, 0.6) is 0 Å². The van der Waals surface area contributed by atoms with Gasteiger partial charge in [-0.1, -0.05) is 6.92 Å². The smallest absolute Gasteiger partial charge is 0.274 e. The minimum absolute atomic E-state index is 0.116. The topological polar surface area (TPSA) is 63.1 Å². The minimum atomic E-state index is -0.116. The molecular weight excluding hydrogens is 168 g/mol. The standard InChI is InChI=1S/C8H10N4O/c1-3-6-10-8-9-5(2)4-7(13)12(8)11-6/h4H,3H2,1-2H3,(H,9,10,11). The summed E-state index contributed by atoms with van der Waals surface area (Å²) in [5.74, 6) is 1.22. The number of nitrogens with one attached hydrogen (secondary N) is 1. The minimum Gasteiger partial charge on any atom is -0.275 e. The second kappa shape index (κ2) is 2.69. The SMILES string of the molecule is CCc1nc2nc(C)cc(=O)n2[nH]1. The molecule has 0 radical (unpaired) electrons. The van der Waals surface area contributed by atoms with Gasteiger partial charge in [0.15, 0.2) is 0 Å². The summed E-state index contributed by atoms with van der Waals surface area (Å²) in [4.78, 5) is 19.7. The summed E-state index contributed by atoms with van der Waals surface area (Å²) in [7, 11) is 0. The summed E-state index contributed by atoms with van der Waals surface area (Å²) in [6.45, 7) is 3.75. The predicted octanol–water partition coefficient (Wildman–Crippen LogP) is 0.288. The maximum absolute atomic E-state index is 11.4. The largest absolute Gasteiger partial charge is 0.275 e. The molecule has 0 aliphatic carbocycles. The molecule has 0 aliphatic heterocycles. The van der Waals surface area contributed by atoms with Crippen molar-refractivity contribution in [3.8, 4) is 0 Å². The first kappa shape index (κ1) is 7.97. The highest BCUT2D eigenvalue weighted by Crippen LogP contribution is 1.96. The summed E-state index contributed by atoms with van der Waals surface area (Å²) in [6, 6.07) is 1.48. The van der Waals surface area contributed by atoms with E-state index in [9.17, 15) is 4.79 Å². The van der Waals surface area contributed by atoms with E-state index < -0.39 is 0 Å². The van der Waals surface area contributed by atoms with Gasteiger partial charge in [-0.2, -0.15) is 9.50 Å². The molecule has 2 aromatic rings. The molecule has 2 aromatic heterocycles. The first-order valence-electron chi connectivity index (χ1n) is 4.16. The van der Waals surface area contributed by atoms with Gasteiger partial charge in [-0.15, -0.1) is 0 Å². The van der Waals surface area contributed by atoms with Crippen LogP contribution in [0, 0.1) is 6.92 Å². The molecular formula is C8H10N4O. The second-order valence-electron chi connectivity index (χ2n) is 2.90. The highest BCUT2D eigenvalue weighted by molar-refractivity contribution is 5.27. The lowest BCUT2D eigenvalue weighted by Crippen LogP contribution is -2.14. The third kappa shape index (κ3) is 1.22. The van der Waals surface area contributed by atoms with E-state index in [0.717, 1.165) is 12.2 Å². The Balaban J connectivity index is 2.83. The van der Waals surface area contributed by atoms with Crippen molar-refractivity contribution >= 4 is 5.78 Å². The van der Waals surface area contributed by atoms with Gasteiger partial charge in [0.05, 0.1) is 0 Å². The van der Waals surface area contributed by atoms with Crippen molar-refractivity contribution in [3.63, 3.8) is 0 Å². The fraction of sp³-hybridized carbons (Fsp3) is 0.375. The number of aromatic amines is 1. The molecule has 1 N–H and O–H groups in total. The summed E-state index contributed by atoms with van der Waals surface area (Å²) < 4.78 is 1.35.